The number of rotatable bonds is 2. The summed E-state index contributed by atoms with van der Waals surface area (Å²) in [5.41, 5.74) is 7.80. The number of thiophene rings is 1. The summed E-state index contributed by atoms with van der Waals surface area (Å²) >= 11 is 7.61. The molecule has 2 nitrogen and oxygen atoms in total. The maximum atomic E-state index is 6.02. The lowest BCUT2D eigenvalue weighted by Gasteiger charge is -2.10. The van der Waals surface area contributed by atoms with E-state index >= 15 is 0 Å². The number of hydrogen-bond donors (Lipinski definition) is 1. The molecule has 2 aromatic rings. The molecule has 0 bridgehead atoms. The van der Waals surface area contributed by atoms with Crippen LogP contribution in [0.25, 0.3) is 0 Å². The molecule has 0 aromatic carbocycles. The minimum Gasteiger partial charge on any atom is -0.319 e. The van der Waals surface area contributed by atoms with Gasteiger partial charge in [-0.1, -0.05) is 11.6 Å². The fourth-order valence-corrected chi connectivity index (χ4v) is 2.17. The molecule has 0 fully saturated rings. The number of hydrogen-bond acceptors (Lipinski definition) is 3. The number of pyridine rings is 1. The highest BCUT2D eigenvalue weighted by Gasteiger charge is 2.13. The third kappa shape index (κ3) is 1.80. The van der Waals surface area contributed by atoms with Crippen LogP contribution in [0.2, 0.25) is 5.02 Å². The van der Waals surface area contributed by atoms with Gasteiger partial charge in [0.05, 0.1) is 16.8 Å². The van der Waals surface area contributed by atoms with Crippen LogP contribution in [0.1, 0.15) is 17.3 Å². The molecule has 14 heavy (non-hydrogen) atoms. The third-order valence-corrected chi connectivity index (χ3v) is 3.00. The Kier molecular flexibility index (Phi) is 2.82. The van der Waals surface area contributed by atoms with Crippen molar-refractivity contribution in [3.8, 4) is 0 Å². The van der Waals surface area contributed by atoms with Gasteiger partial charge in [0.15, 0.2) is 0 Å². The van der Waals surface area contributed by atoms with Crippen molar-refractivity contribution in [1.82, 2.24) is 4.98 Å². The first-order valence-corrected chi connectivity index (χ1v) is 5.49. The van der Waals surface area contributed by atoms with Crippen molar-refractivity contribution in [3.63, 3.8) is 0 Å². The molecule has 0 saturated heterocycles. The Hall–Kier alpha value is -0.900. The quantitative estimate of drug-likeness (QED) is 0.852. The van der Waals surface area contributed by atoms with E-state index in [2.05, 4.69) is 4.98 Å². The first kappa shape index (κ1) is 9.65. The van der Waals surface area contributed by atoms with Gasteiger partial charge in [0.2, 0.25) is 0 Å². The van der Waals surface area contributed by atoms with Gasteiger partial charge in [0.1, 0.15) is 0 Å². The smallest absolute Gasteiger partial charge is 0.0802 e. The first-order valence-electron chi connectivity index (χ1n) is 4.17. The van der Waals surface area contributed by atoms with Gasteiger partial charge in [-0.25, -0.2) is 0 Å². The van der Waals surface area contributed by atoms with Crippen molar-refractivity contribution in [2.75, 3.05) is 0 Å². The Balaban J connectivity index is 2.37. The molecule has 1 unspecified atom stereocenters. The van der Waals surface area contributed by atoms with Crippen molar-refractivity contribution < 1.29 is 0 Å². The van der Waals surface area contributed by atoms with Gasteiger partial charge in [-0.15, -0.1) is 0 Å². The molecule has 2 N–H and O–H groups in total. The van der Waals surface area contributed by atoms with Crippen LogP contribution in [0.15, 0.2) is 35.2 Å². The predicted molar refractivity (Wildman–Crippen MR) is 59.6 cm³/mol. The zero-order valence-corrected chi connectivity index (χ0v) is 8.92. The Morgan fingerprint density at radius 2 is 2.29 bits per heavy atom. The summed E-state index contributed by atoms with van der Waals surface area (Å²) < 4.78 is 0. The molecular weight excluding hydrogens is 216 g/mol. The van der Waals surface area contributed by atoms with Crippen molar-refractivity contribution in [1.29, 1.82) is 0 Å². The number of nitrogens with zero attached hydrogens (tertiary/aromatic N) is 1. The monoisotopic (exact) mass is 224 g/mol. The Morgan fingerprint density at radius 3 is 2.93 bits per heavy atom. The zero-order chi connectivity index (χ0) is 9.97. The molecule has 0 amide bonds. The maximum Gasteiger partial charge on any atom is 0.0802 e. The zero-order valence-electron chi connectivity index (χ0n) is 7.35. The average Bonchev–Trinajstić information content (AvgIpc) is 2.70. The van der Waals surface area contributed by atoms with Crippen LogP contribution in [-0.2, 0) is 0 Å². The largest absolute Gasteiger partial charge is 0.319 e. The van der Waals surface area contributed by atoms with Crippen LogP contribution in [0.5, 0.6) is 0 Å². The molecule has 0 spiro atoms. The highest BCUT2D eigenvalue weighted by Crippen LogP contribution is 2.25. The van der Waals surface area contributed by atoms with Crippen molar-refractivity contribution in [2.24, 2.45) is 5.73 Å². The highest BCUT2D eigenvalue weighted by atomic mass is 35.5. The van der Waals surface area contributed by atoms with Gasteiger partial charge in [0.25, 0.3) is 0 Å². The standard InChI is InChI=1S/C10H9ClN2S/c11-8-2-1-4-13-10(8)9(12)7-3-5-14-6-7/h1-6,9H,12H2. The van der Waals surface area contributed by atoms with E-state index in [1.54, 1.807) is 29.7 Å². The molecule has 0 saturated carbocycles. The van der Waals surface area contributed by atoms with Crippen LogP contribution in [-0.4, -0.2) is 4.98 Å². The number of nitrogens with two attached hydrogens (primary N) is 1. The van der Waals surface area contributed by atoms with Crippen molar-refractivity contribution in [2.45, 2.75) is 6.04 Å². The summed E-state index contributed by atoms with van der Waals surface area (Å²) in [6.07, 6.45) is 1.70. The average molecular weight is 225 g/mol. The van der Waals surface area contributed by atoms with E-state index in [0.717, 1.165) is 11.3 Å². The van der Waals surface area contributed by atoms with E-state index in [4.69, 9.17) is 17.3 Å². The lowest BCUT2D eigenvalue weighted by Crippen LogP contribution is -2.12. The lowest BCUT2D eigenvalue weighted by molar-refractivity contribution is 0.833. The second-order valence-electron chi connectivity index (χ2n) is 2.90. The van der Waals surface area contributed by atoms with Crippen LogP contribution in [0.3, 0.4) is 0 Å². The SMILES string of the molecule is NC(c1ccsc1)c1ncccc1Cl. The topological polar surface area (TPSA) is 38.9 Å². The van der Waals surface area contributed by atoms with Crippen molar-refractivity contribution >= 4 is 22.9 Å². The van der Waals surface area contributed by atoms with E-state index in [0.29, 0.717) is 5.02 Å². The Morgan fingerprint density at radius 1 is 1.43 bits per heavy atom. The second-order valence-corrected chi connectivity index (χ2v) is 4.09. The summed E-state index contributed by atoms with van der Waals surface area (Å²) in [4.78, 5) is 4.18. The molecule has 0 aliphatic rings. The molecule has 2 heterocycles. The summed E-state index contributed by atoms with van der Waals surface area (Å²) in [6, 6.07) is 5.36. The lowest BCUT2D eigenvalue weighted by atomic mass is 10.1. The number of halogens is 1. The molecule has 4 heteroatoms. The van der Waals surface area contributed by atoms with Gasteiger partial charge in [-0.2, -0.15) is 11.3 Å². The Labute approximate surface area is 91.4 Å². The van der Waals surface area contributed by atoms with E-state index in [-0.39, 0.29) is 6.04 Å². The number of aromatic nitrogens is 1. The van der Waals surface area contributed by atoms with Crippen molar-refractivity contribution in [3.05, 3.63) is 51.4 Å². The van der Waals surface area contributed by atoms with Crippen LogP contribution < -0.4 is 5.73 Å². The normalized spacial score (nSPS) is 12.7. The molecule has 2 rings (SSSR count). The minimum atomic E-state index is -0.227. The van der Waals surface area contributed by atoms with Gasteiger partial charge in [-0.3, -0.25) is 4.98 Å². The van der Waals surface area contributed by atoms with Crippen LogP contribution in [0, 0.1) is 0 Å². The molecular formula is C10H9ClN2S. The summed E-state index contributed by atoms with van der Waals surface area (Å²) in [7, 11) is 0. The molecule has 2 aromatic heterocycles. The fraction of sp³-hybridized carbons (Fsp3) is 0.100. The third-order valence-electron chi connectivity index (χ3n) is 1.98. The molecule has 0 aliphatic heterocycles. The molecule has 1 atom stereocenters. The van der Waals surface area contributed by atoms with E-state index in [1.807, 2.05) is 16.8 Å². The van der Waals surface area contributed by atoms with Gasteiger partial charge >= 0.3 is 0 Å². The summed E-state index contributed by atoms with van der Waals surface area (Å²) in [5, 5.41) is 4.62. The van der Waals surface area contributed by atoms with E-state index < -0.39 is 0 Å². The second kappa shape index (κ2) is 4.09. The van der Waals surface area contributed by atoms with Gasteiger partial charge in [0, 0.05) is 6.20 Å². The molecule has 0 radical (unpaired) electrons. The Bertz CT molecular complexity index is 414. The first-order chi connectivity index (χ1) is 6.79. The van der Waals surface area contributed by atoms with E-state index in [9.17, 15) is 0 Å². The predicted octanol–water partition coefficient (Wildman–Crippen LogP) is 2.84. The maximum absolute atomic E-state index is 6.02. The van der Waals surface area contributed by atoms with Gasteiger partial charge < -0.3 is 5.73 Å². The summed E-state index contributed by atoms with van der Waals surface area (Å²) in [6.45, 7) is 0. The molecule has 72 valence electrons. The van der Waals surface area contributed by atoms with Gasteiger partial charge in [-0.05, 0) is 34.5 Å². The molecule has 0 aliphatic carbocycles. The van der Waals surface area contributed by atoms with E-state index in [1.165, 1.54) is 0 Å². The summed E-state index contributed by atoms with van der Waals surface area (Å²) in [5.74, 6) is 0. The fourth-order valence-electron chi connectivity index (χ4n) is 1.24. The highest BCUT2D eigenvalue weighted by molar-refractivity contribution is 7.08. The van der Waals surface area contributed by atoms with Crippen LogP contribution >= 0.6 is 22.9 Å². The minimum absolute atomic E-state index is 0.227. The van der Waals surface area contributed by atoms with Crippen LogP contribution in [0.4, 0.5) is 0 Å².